The molecule has 0 spiro atoms. The summed E-state index contributed by atoms with van der Waals surface area (Å²) in [5.41, 5.74) is 1.95. The molecule has 2 aromatic carbocycles. The van der Waals surface area contributed by atoms with E-state index in [9.17, 15) is 14.7 Å². The molecule has 1 N–H and O–H groups in total. The van der Waals surface area contributed by atoms with Crippen LogP contribution in [0.15, 0.2) is 69.1 Å². The Bertz CT molecular complexity index is 1240. The van der Waals surface area contributed by atoms with Gasteiger partial charge in [-0.05, 0) is 67.1 Å². The first-order valence-corrected chi connectivity index (χ1v) is 10.6. The van der Waals surface area contributed by atoms with E-state index < -0.39 is 17.7 Å². The lowest BCUT2D eigenvalue weighted by Gasteiger charge is -2.23. The van der Waals surface area contributed by atoms with Gasteiger partial charge in [-0.2, -0.15) is 0 Å². The van der Waals surface area contributed by atoms with Crippen molar-refractivity contribution in [3.63, 3.8) is 0 Å². The third-order valence-electron chi connectivity index (χ3n) is 5.54. The summed E-state index contributed by atoms with van der Waals surface area (Å²) in [5.74, 6) is 0.122. The molecule has 1 amide bonds. The normalized spacial score (nSPS) is 19.5. The smallest absolute Gasteiger partial charge is 0.300 e. The quantitative estimate of drug-likeness (QED) is 0.327. The van der Waals surface area contributed by atoms with Crippen LogP contribution in [0.4, 0.5) is 5.69 Å². The first kappa shape index (κ1) is 19.6. The van der Waals surface area contributed by atoms with Crippen LogP contribution in [0.1, 0.15) is 28.7 Å². The molecule has 2 aliphatic rings. The van der Waals surface area contributed by atoms with Crippen molar-refractivity contribution in [2.45, 2.75) is 19.4 Å². The maximum atomic E-state index is 13.1. The van der Waals surface area contributed by atoms with Crippen molar-refractivity contribution < 1.29 is 23.8 Å². The predicted octanol–water partition coefficient (Wildman–Crippen LogP) is 4.91. The Kier molecular flexibility index (Phi) is 4.70. The van der Waals surface area contributed by atoms with Crippen molar-refractivity contribution >= 4 is 39.1 Å². The molecule has 0 radical (unpaired) electrons. The number of carbonyl (C=O) groups excluding carboxylic acids is 2. The summed E-state index contributed by atoms with van der Waals surface area (Å²) in [6.45, 7) is 2.37. The van der Waals surface area contributed by atoms with Crippen LogP contribution < -0.4 is 9.64 Å². The molecule has 0 bridgehead atoms. The maximum Gasteiger partial charge on any atom is 0.300 e. The number of amides is 1. The summed E-state index contributed by atoms with van der Waals surface area (Å²) < 4.78 is 12.2. The van der Waals surface area contributed by atoms with Gasteiger partial charge in [0.15, 0.2) is 0 Å². The van der Waals surface area contributed by atoms with Gasteiger partial charge >= 0.3 is 0 Å². The van der Waals surface area contributed by atoms with Crippen LogP contribution in [-0.2, 0) is 16.0 Å². The van der Waals surface area contributed by atoms with E-state index >= 15 is 0 Å². The molecular weight excluding hydrogens is 462 g/mol. The monoisotopic (exact) mass is 479 g/mol. The fraction of sp³-hybridized carbons (Fsp3) is 0.167. The molecule has 5 rings (SSSR count). The number of anilines is 1. The molecule has 7 heteroatoms. The van der Waals surface area contributed by atoms with E-state index in [2.05, 4.69) is 15.9 Å². The molecule has 1 aromatic heterocycles. The molecule has 1 saturated heterocycles. The number of aliphatic hydroxyl groups is 1. The molecule has 2 aliphatic heterocycles. The topological polar surface area (TPSA) is 80.0 Å². The van der Waals surface area contributed by atoms with Gasteiger partial charge in [0.05, 0.1) is 12.2 Å². The fourth-order valence-electron chi connectivity index (χ4n) is 4.06. The van der Waals surface area contributed by atoms with Crippen molar-refractivity contribution in [2.75, 3.05) is 11.5 Å². The second-order valence-electron chi connectivity index (χ2n) is 7.51. The number of rotatable bonds is 3. The van der Waals surface area contributed by atoms with Crippen LogP contribution >= 0.6 is 15.9 Å². The molecule has 6 nitrogen and oxygen atoms in total. The van der Waals surface area contributed by atoms with Gasteiger partial charge in [-0.15, -0.1) is 0 Å². The van der Waals surface area contributed by atoms with Crippen LogP contribution in [0.25, 0.3) is 5.76 Å². The second kappa shape index (κ2) is 7.42. The van der Waals surface area contributed by atoms with E-state index in [-0.39, 0.29) is 11.3 Å². The van der Waals surface area contributed by atoms with E-state index in [4.69, 9.17) is 9.15 Å². The van der Waals surface area contributed by atoms with Crippen molar-refractivity contribution in [3.8, 4) is 5.75 Å². The molecule has 1 unspecified atom stereocenters. The highest BCUT2D eigenvalue weighted by Crippen LogP contribution is 2.43. The third-order valence-corrected chi connectivity index (χ3v) is 6.07. The summed E-state index contributed by atoms with van der Waals surface area (Å²) in [6.07, 6.45) is 0.727. The molecular formula is C24H18BrNO5. The minimum atomic E-state index is -0.876. The summed E-state index contributed by atoms with van der Waals surface area (Å²) >= 11 is 3.39. The Morgan fingerprint density at radius 3 is 2.58 bits per heavy atom. The lowest BCUT2D eigenvalue weighted by Crippen LogP contribution is -2.29. The van der Waals surface area contributed by atoms with Crippen LogP contribution in [0, 0.1) is 6.92 Å². The summed E-state index contributed by atoms with van der Waals surface area (Å²) in [6, 6.07) is 14.9. The number of fused-ring (bicyclic) bond motifs is 1. The summed E-state index contributed by atoms with van der Waals surface area (Å²) in [7, 11) is 0. The minimum Gasteiger partial charge on any atom is -0.507 e. The fourth-order valence-corrected chi connectivity index (χ4v) is 4.32. The molecule has 156 valence electrons. The first-order valence-electron chi connectivity index (χ1n) is 9.83. The number of furan rings is 1. The number of Topliss-reactive ketones (excluding diaryl/α,β-unsaturated/α-hetero) is 1. The number of ether oxygens (including phenoxy) is 1. The summed E-state index contributed by atoms with van der Waals surface area (Å²) in [5, 5.41) is 11.2. The van der Waals surface area contributed by atoms with Gasteiger partial charge in [-0.3, -0.25) is 14.5 Å². The van der Waals surface area contributed by atoms with Gasteiger partial charge in [-0.25, -0.2) is 0 Å². The van der Waals surface area contributed by atoms with Crippen LogP contribution in [0.5, 0.6) is 5.75 Å². The Hall–Kier alpha value is -3.32. The van der Waals surface area contributed by atoms with Gasteiger partial charge in [0, 0.05) is 22.1 Å². The SMILES string of the molecule is Cc1ccc(C2/C(=C(/O)c3ccc4c(c3)CCO4)C(=O)C(=O)N2c2ccc(Br)cc2)o1. The number of aryl methyl sites for hydroxylation is 1. The van der Waals surface area contributed by atoms with Crippen molar-refractivity contribution in [1.29, 1.82) is 0 Å². The van der Waals surface area contributed by atoms with Gasteiger partial charge in [0.1, 0.15) is 29.1 Å². The summed E-state index contributed by atoms with van der Waals surface area (Å²) in [4.78, 5) is 27.6. The Morgan fingerprint density at radius 1 is 1.10 bits per heavy atom. The number of halogens is 1. The highest BCUT2D eigenvalue weighted by molar-refractivity contribution is 9.10. The zero-order valence-corrected chi connectivity index (χ0v) is 18.2. The average molecular weight is 480 g/mol. The lowest BCUT2D eigenvalue weighted by molar-refractivity contribution is -0.132. The molecule has 0 saturated carbocycles. The number of hydrogen-bond donors (Lipinski definition) is 1. The standard InChI is InChI=1S/C24H18BrNO5/c1-13-2-8-19(31-13)21-20(22(27)15-3-9-18-14(12-15)10-11-30-18)23(28)24(29)26(21)17-6-4-16(25)5-7-17/h2-9,12,21,27H,10-11H2,1H3/b22-20-. The lowest BCUT2D eigenvalue weighted by atomic mass is 9.98. The van der Waals surface area contributed by atoms with E-state index in [0.29, 0.717) is 29.4 Å². The van der Waals surface area contributed by atoms with E-state index in [1.54, 1.807) is 61.5 Å². The van der Waals surface area contributed by atoms with Crippen LogP contribution in [0.3, 0.4) is 0 Å². The molecule has 1 fully saturated rings. The predicted molar refractivity (Wildman–Crippen MR) is 118 cm³/mol. The molecule has 3 heterocycles. The number of ketones is 1. The zero-order chi connectivity index (χ0) is 21.7. The van der Waals surface area contributed by atoms with Gasteiger partial charge < -0.3 is 14.3 Å². The number of nitrogens with zero attached hydrogens (tertiary/aromatic N) is 1. The minimum absolute atomic E-state index is 0.00105. The largest absolute Gasteiger partial charge is 0.507 e. The van der Waals surface area contributed by atoms with Gasteiger partial charge in [-0.1, -0.05) is 15.9 Å². The van der Waals surface area contributed by atoms with Crippen LogP contribution in [-0.4, -0.2) is 23.4 Å². The van der Waals surface area contributed by atoms with Gasteiger partial charge in [0.2, 0.25) is 0 Å². The second-order valence-corrected chi connectivity index (χ2v) is 8.43. The van der Waals surface area contributed by atoms with Crippen molar-refractivity contribution in [1.82, 2.24) is 0 Å². The number of benzene rings is 2. The van der Waals surface area contributed by atoms with E-state index in [0.717, 1.165) is 22.2 Å². The molecule has 1 atom stereocenters. The zero-order valence-electron chi connectivity index (χ0n) is 16.6. The van der Waals surface area contributed by atoms with Crippen molar-refractivity contribution in [2.24, 2.45) is 0 Å². The Balaban J connectivity index is 1.69. The van der Waals surface area contributed by atoms with E-state index in [1.807, 2.05) is 0 Å². The van der Waals surface area contributed by atoms with E-state index in [1.165, 1.54) is 4.90 Å². The number of aliphatic hydroxyl groups excluding tert-OH is 1. The molecule has 0 aliphatic carbocycles. The number of carbonyl (C=O) groups is 2. The average Bonchev–Trinajstić information content (AvgIpc) is 3.47. The number of hydrogen-bond acceptors (Lipinski definition) is 5. The highest BCUT2D eigenvalue weighted by Gasteiger charge is 2.48. The first-order chi connectivity index (χ1) is 14.9. The van der Waals surface area contributed by atoms with Gasteiger partial charge in [0.25, 0.3) is 11.7 Å². The van der Waals surface area contributed by atoms with Crippen LogP contribution in [0.2, 0.25) is 0 Å². The maximum absolute atomic E-state index is 13.1. The Labute approximate surface area is 186 Å². The highest BCUT2D eigenvalue weighted by atomic mass is 79.9. The molecule has 3 aromatic rings. The Morgan fingerprint density at radius 2 is 1.87 bits per heavy atom. The van der Waals surface area contributed by atoms with Crippen molar-refractivity contribution in [3.05, 3.63) is 87.3 Å². The molecule has 31 heavy (non-hydrogen) atoms. The third kappa shape index (κ3) is 3.25.